The molecular weight excluding hydrogens is 580 g/mol. The number of methoxy groups -OCH3 is 1. The van der Waals surface area contributed by atoms with Crippen LogP contribution >= 0.6 is 15.9 Å². The molecule has 0 aliphatic carbocycles. The lowest BCUT2D eigenvalue weighted by Gasteiger charge is -2.23. The van der Waals surface area contributed by atoms with E-state index in [1.165, 1.54) is 37.6 Å². The average Bonchev–Trinajstić information content (AvgIpc) is 2.91. The molecule has 0 unspecified atom stereocenters. The van der Waals surface area contributed by atoms with Gasteiger partial charge in [-0.1, -0.05) is 43.0 Å². The Labute approximate surface area is 227 Å². The van der Waals surface area contributed by atoms with Crippen LogP contribution in [-0.2, 0) is 14.8 Å². The molecule has 0 bridgehead atoms. The van der Waals surface area contributed by atoms with Crippen LogP contribution < -0.4 is 19.2 Å². The highest BCUT2D eigenvalue weighted by Crippen LogP contribution is 2.36. The minimum absolute atomic E-state index is 0.147. The Bertz CT molecular complexity index is 1460. The third-order valence-corrected chi connectivity index (χ3v) is 7.37. The molecule has 3 aromatic carbocycles. The molecule has 0 heterocycles. The summed E-state index contributed by atoms with van der Waals surface area (Å²) in [5.74, 6) is 0.108. The van der Waals surface area contributed by atoms with E-state index in [4.69, 9.17) is 9.47 Å². The number of para-hydroxylation sites is 2. The minimum Gasteiger partial charge on any atom is -0.493 e. The molecule has 3 aromatic rings. The number of hydrogen-bond acceptors (Lipinski definition) is 8. The Morgan fingerprint density at radius 2 is 1.87 bits per heavy atom. The molecule has 0 atom stereocenters. The number of hydrazone groups is 1. The van der Waals surface area contributed by atoms with Gasteiger partial charge in [0.25, 0.3) is 21.6 Å². The molecule has 1 N–H and O–H groups in total. The summed E-state index contributed by atoms with van der Waals surface area (Å²) in [7, 11) is -3.02. The second-order valence-electron chi connectivity index (χ2n) is 7.50. The highest BCUT2D eigenvalue weighted by atomic mass is 79.9. The molecular formula is C25H23BrN4O7S. The van der Waals surface area contributed by atoms with Gasteiger partial charge in [0.15, 0.2) is 16.4 Å². The van der Waals surface area contributed by atoms with Crippen molar-refractivity contribution in [3.8, 4) is 11.5 Å². The SMILES string of the molecule is C=CCOc1c(Br)cc(C=NNC(=O)CN(c2ccccc2)S(=O)(=O)c2ccccc2[N+](=O)[O-])cc1OC. The number of halogens is 1. The minimum atomic E-state index is -4.49. The van der Waals surface area contributed by atoms with Crippen molar-refractivity contribution in [2.75, 3.05) is 24.6 Å². The van der Waals surface area contributed by atoms with E-state index in [1.54, 1.807) is 36.4 Å². The third kappa shape index (κ3) is 6.75. The first kappa shape index (κ1) is 28.3. The number of nitro benzene ring substituents is 1. The number of amides is 1. The Kier molecular flexibility index (Phi) is 9.57. The van der Waals surface area contributed by atoms with Crippen molar-refractivity contribution in [1.29, 1.82) is 0 Å². The van der Waals surface area contributed by atoms with Crippen LogP contribution in [0.3, 0.4) is 0 Å². The van der Waals surface area contributed by atoms with Gasteiger partial charge in [0.05, 0.1) is 28.4 Å². The fraction of sp³-hybridized carbons (Fsp3) is 0.120. The first-order valence-electron chi connectivity index (χ1n) is 10.9. The van der Waals surface area contributed by atoms with E-state index in [0.717, 1.165) is 16.4 Å². The van der Waals surface area contributed by atoms with E-state index in [9.17, 15) is 23.3 Å². The van der Waals surface area contributed by atoms with Gasteiger partial charge in [0.2, 0.25) is 0 Å². The third-order valence-electron chi connectivity index (χ3n) is 4.96. The van der Waals surface area contributed by atoms with Gasteiger partial charge in [-0.3, -0.25) is 19.2 Å². The van der Waals surface area contributed by atoms with Gasteiger partial charge in [-0.05, 0) is 51.8 Å². The number of hydrogen-bond donors (Lipinski definition) is 1. The van der Waals surface area contributed by atoms with Gasteiger partial charge in [-0.2, -0.15) is 5.10 Å². The second-order valence-corrected chi connectivity index (χ2v) is 10.2. The van der Waals surface area contributed by atoms with E-state index < -0.39 is 38.0 Å². The molecule has 0 saturated heterocycles. The maximum Gasteiger partial charge on any atom is 0.289 e. The zero-order valence-corrected chi connectivity index (χ0v) is 22.5. The average molecular weight is 603 g/mol. The quantitative estimate of drug-likeness (QED) is 0.141. The zero-order chi connectivity index (χ0) is 27.7. The van der Waals surface area contributed by atoms with Crippen molar-refractivity contribution in [3.63, 3.8) is 0 Å². The molecule has 1 amide bonds. The van der Waals surface area contributed by atoms with Gasteiger partial charge in [-0.15, -0.1) is 0 Å². The molecule has 11 nitrogen and oxygen atoms in total. The van der Waals surface area contributed by atoms with Crippen LogP contribution in [0.5, 0.6) is 11.5 Å². The molecule has 38 heavy (non-hydrogen) atoms. The lowest BCUT2D eigenvalue weighted by atomic mass is 10.2. The van der Waals surface area contributed by atoms with Gasteiger partial charge >= 0.3 is 0 Å². The molecule has 0 saturated carbocycles. The van der Waals surface area contributed by atoms with Crippen LogP contribution in [0.4, 0.5) is 11.4 Å². The van der Waals surface area contributed by atoms with Gasteiger partial charge in [-0.25, -0.2) is 13.8 Å². The van der Waals surface area contributed by atoms with Crippen molar-refractivity contribution in [2.24, 2.45) is 5.10 Å². The summed E-state index contributed by atoms with van der Waals surface area (Å²) in [6.07, 6.45) is 2.93. The Morgan fingerprint density at radius 3 is 2.53 bits per heavy atom. The van der Waals surface area contributed by atoms with Crippen LogP contribution in [0.15, 0.2) is 93.9 Å². The van der Waals surface area contributed by atoms with Crippen molar-refractivity contribution < 1.29 is 27.6 Å². The van der Waals surface area contributed by atoms with Crippen molar-refractivity contribution in [3.05, 3.63) is 99.5 Å². The van der Waals surface area contributed by atoms with Crippen LogP contribution in [0.1, 0.15) is 5.56 Å². The number of nitrogens with zero attached hydrogens (tertiary/aromatic N) is 3. The predicted molar refractivity (Wildman–Crippen MR) is 146 cm³/mol. The summed E-state index contributed by atoms with van der Waals surface area (Å²) in [6, 6.07) is 16.0. The predicted octanol–water partition coefficient (Wildman–Crippen LogP) is 4.28. The number of ether oxygens (including phenoxy) is 2. The molecule has 198 valence electrons. The molecule has 0 fully saturated rings. The summed E-state index contributed by atoms with van der Waals surface area (Å²) in [6.45, 7) is 3.19. The lowest BCUT2D eigenvalue weighted by Crippen LogP contribution is -2.39. The largest absolute Gasteiger partial charge is 0.493 e. The normalized spacial score (nSPS) is 11.1. The van der Waals surface area contributed by atoms with Crippen molar-refractivity contribution >= 4 is 49.4 Å². The number of sulfonamides is 1. The Morgan fingerprint density at radius 1 is 1.18 bits per heavy atom. The fourth-order valence-corrected chi connectivity index (χ4v) is 5.45. The number of nitrogens with one attached hydrogen (secondary N) is 1. The summed E-state index contributed by atoms with van der Waals surface area (Å²) >= 11 is 3.40. The van der Waals surface area contributed by atoms with E-state index in [0.29, 0.717) is 21.5 Å². The fourth-order valence-electron chi connectivity index (χ4n) is 3.30. The van der Waals surface area contributed by atoms with E-state index in [-0.39, 0.29) is 12.3 Å². The van der Waals surface area contributed by atoms with Crippen molar-refractivity contribution in [1.82, 2.24) is 5.43 Å². The Balaban J connectivity index is 1.85. The molecule has 0 radical (unpaired) electrons. The first-order chi connectivity index (χ1) is 18.2. The highest BCUT2D eigenvalue weighted by molar-refractivity contribution is 9.10. The number of rotatable bonds is 12. The highest BCUT2D eigenvalue weighted by Gasteiger charge is 2.33. The standard InChI is InChI=1S/C25H23BrN4O7S/c1-3-13-37-25-20(26)14-18(15-22(25)36-2)16-27-28-24(31)17-29(19-9-5-4-6-10-19)38(34,35)23-12-8-7-11-21(23)30(32)33/h3-12,14-16H,1,13,17H2,2H3,(H,28,31). The zero-order valence-electron chi connectivity index (χ0n) is 20.1. The lowest BCUT2D eigenvalue weighted by molar-refractivity contribution is -0.387. The number of carbonyl (C=O) groups excluding carboxylic acids is 1. The molecule has 13 heteroatoms. The number of benzene rings is 3. The van der Waals surface area contributed by atoms with Gasteiger partial charge < -0.3 is 9.47 Å². The topological polar surface area (TPSA) is 140 Å². The molecule has 0 aromatic heterocycles. The molecule has 3 rings (SSSR count). The van der Waals surface area contributed by atoms with Gasteiger partial charge in [0, 0.05) is 6.07 Å². The maximum absolute atomic E-state index is 13.5. The summed E-state index contributed by atoms with van der Waals surface area (Å²) < 4.78 is 39.2. The maximum atomic E-state index is 13.5. The number of nitro groups is 1. The summed E-state index contributed by atoms with van der Waals surface area (Å²) in [5.41, 5.74) is 2.38. The van der Waals surface area contributed by atoms with Crippen LogP contribution in [0.2, 0.25) is 0 Å². The van der Waals surface area contributed by atoms with E-state index in [1.807, 2.05) is 0 Å². The number of carbonyl (C=O) groups is 1. The van der Waals surface area contributed by atoms with Crippen LogP contribution in [0.25, 0.3) is 0 Å². The van der Waals surface area contributed by atoms with Crippen molar-refractivity contribution in [2.45, 2.75) is 4.90 Å². The summed E-state index contributed by atoms with van der Waals surface area (Å²) in [5, 5.41) is 15.4. The summed E-state index contributed by atoms with van der Waals surface area (Å²) in [4.78, 5) is 22.9. The monoisotopic (exact) mass is 602 g/mol. The van der Waals surface area contributed by atoms with E-state index >= 15 is 0 Å². The smallest absolute Gasteiger partial charge is 0.289 e. The number of anilines is 1. The van der Waals surface area contributed by atoms with Crippen LogP contribution in [-0.4, -0.2) is 45.7 Å². The first-order valence-corrected chi connectivity index (χ1v) is 13.2. The molecule has 0 aliphatic heterocycles. The Hall–Kier alpha value is -4.23. The van der Waals surface area contributed by atoms with E-state index in [2.05, 4.69) is 33.0 Å². The van der Waals surface area contributed by atoms with Gasteiger partial charge in [0.1, 0.15) is 13.2 Å². The van der Waals surface area contributed by atoms with Crippen LogP contribution in [0, 0.1) is 10.1 Å². The second kappa shape index (κ2) is 12.8. The molecule has 0 spiro atoms. The molecule has 0 aliphatic rings.